The number of nitrogens with one attached hydrogen (secondary N) is 4. The largest absolute Gasteiger partial charge is 0.394 e. The molecule has 2 rings (SSSR count). The zero-order valence-corrected chi connectivity index (χ0v) is 16.5. The number of aromatic nitrogens is 2. The van der Waals surface area contributed by atoms with Crippen LogP contribution in [0.3, 0.4) is 0 Å². The van der Waals surface area contributed by atoms with Crippen molar-refractivity contribution < 1.29 is 9.90 Å². The summed E-state index contributed by atoms with van der Waals surface area (Å²) in [5.74, 6) is 0.423. The van der Waals surface area contributed by atoms with Crippen LogP contribution >= 0.6 is 0 Å². The maximum absolute atomic E-state index is 12.4. The number of hydrogen-bond donors (Lipinski definition) is 5. The molecule has 5 N–H and O–H groups in total. The molecule has 2 amide bonds. The summed E-state index contributed by atoms with van der Waals surface area (Å²) < 4.78 is 1.61. The number of nitrogens with zero attached hydrogens (tertiary/aromatic N) is 2. The summed E-state index contributed by atoms with van der Waals surface area (Å²) in [6, 6.07) is -0.0699. The van der Waals surface area contributed by atoms with Crippen molar-refractivity contribution in [1.29, 1.82) is 5.41 Å². The first-order chi connectivity index (χ1) is 12.8. The third-order valence-corrected chi connectivity index (χ3v) is 4.53. The summed E-state index contributed by atoms with van der Waals surface area (Å²) in [6.45, 7) is 6.25. The van der Waals surface area contributed by atoms with E-state index in [0.717, 1.165) is 25.7 Å². The van der Waals surface area contributed by atoms with Gasteiger partial charge in [0.1, 0.15) is 5.82 Å². The number of aliphatic hydroxyl groups is 1. The van der Waals surface area contributed by atoms with Crippen LogP contribution in [-0.2, 0) is 6.54 Å². The van der Waals surface area contributed by atoms with Crippen LogP contribution in [0.1, 0.15) is 52.9 Å². The van der Waals surface area contributed by atoms with Crippen LogP contribution in [0.4, 0.5) is 10.5 Å². The molecule has 1 aliphatic carbocycles. The SMILES string of the molecule is CC(C)(C)C(=N)/C=C(/NC(=O)NC1CCCCC1)Nc1cnn(CCO)c1. The van der Waals surface area contributed by atoms with E-state index in [1.165, 1.54) is 6.42 Å². The van der Waals surface area contributed by atoms with E-state index in [1.54, 1.807) is 23.2 Å². The Labute approximate surface area is 160 Å². The number of allylic oxidation sites excluding steroid dienone is 1. The average Bonchev–Trinajstić information content (AvgIpc) is 3.02. The minimum atomic E-state index is -0.338. The number of carbonyl (C=O) groups is 1. The van der Waals surface area contributed by atoms with Gasteiger partial charge in [-0.3, -0.25) is 10.00 Å². The number of amides is 2. The van der Waals surface area contributed by atoms with E-state index in [-0.39, 0.29) is 24.1 Å². The van der Waals surface area contributed by atoms with Gasteiger partial charge in [0, 0.05) is 29.4 Å². The van der Waals surface area contributed by atoms with Gasteiger partial charge in [-0.15, -0.1) is 0 Å². The van der Waals surface area contributed by atoms with E-state index in [1.807, 2.05) is 20.8 Å². The number of urea groups is 1. The average molecular weight is 377 g/mol. The Bertz CT molecular complexity index is 668. The maximum Gasteiger partial charge on any atom is 0.320 e. The van der Waals surface area contributed by atoms with Crippen molar-refractivity contribution in [2.45, 2.75) is 65.5 Å². The lowest BCUT2D eigenvalue weighted by Gasteiger charge is -2.24. The molecule has 1 aromatic rings. The molecule has 150 valence electrons. The fourth-order valence-electron chi connectivity index (χ4n) is 2.86. The summed E-state index contributed by atoms with van der Waals surface area (Å²) in [5.41, 5.74) is 0.732. The highest BCUT2D eigenvalue weighted by Crippen LogP contribution is 2.18. The summed E-state index contributed by atoms with van der Waals surface area (Å²) in [6.07, 6.45) is 10.5. The van der Waals surface area contributed by atoms with Gasteiger partial charge in [0.15, 0.2) is 0 Å². The molecule has 0 radical (unpaired) electrons. The van der Waals surface area contributed by atoms with E-state index < -0.39 is 0 Å². The van der Waals surface area contributed by atoms with Crippen molar-refractivity contribution in [1.82, 2.24) is 20.4 Å². The second-order valence-corrected chi connectivity index (χ2v) is 8.00. The van der Waals surface area contributed by atoms with Gasteiger partial charge >= 0.3 is 6.03 Å². The first kappa shape index (κ1) is 21.0. The summed E-state index contributed by atoms with van der Waals surface area (Å²) in [7, 11) is 0. The van der Waals surface area contributed by atoms with Gasteiger partial charge in [0.25, 0.3) is 0 Å². The molecule has 0 atom stereocenters. The van der Waals surface area contributed by atoms with Crippen molar-refractivity contribution >= 4 is 17.4 Å². The van der Waals surface area contributed by atoms with Crippen LogP contribution in [0.5, 0.6) is 0 Å². The summed E-state index contributed by atoms with van der Waals surface area (Å²) in [4.78, 5) is 12.4. The molecule has 0 spiro atoms. The van der Waals surface area contributed by atoms with Crippen molar-refractivity contribution in [3.63, 3.8) is 0 Å². The smallest absolute Gasteiger partial charge is 0.320 e. The van der Waals surface area contributed by atoms with Crippen LogP contribution in [0, 0.1) is 10.8 Å². The van der Waals surface area contributed by atoms with Crippen molar-refractivity contribution in [3.05, 3.63) is 24.3 Å². The Morgan fingerprint density at radius 3 is 2.70 bits per heavy atom. The molecule has 1 heterocycles. The molecule has 8 nitrogen and oxygen atoms in total. The van der Waals surface area contributed by atoms with Gasteiger partial charge in [-0.1, -0.05) is 40.0 Å². The Morgan fingerprint density at radius 1 is 1.37 bits per heavy atom. The third kappa shape index (κ3) is 7.05. The second-order valence-electron chi connectivity index (χ2n) is 8.00. The molecule has 1 saturated carbocycles. The van der Waals surface area contributed by atoms with Crippen molar-refractivity contribution in [2.24, 2.45) is 5.41 Å². The van der Waals surface area contributed by atoms with Gasteiger partial charge in [-0.05, 0) is 12.8 Å². The summed E-state index contributed by atoms with van der Waals surface area (Å²) in [5, 5.41) is 30.4. The fraction of sp³-hybridized carbons (Fsp3) is 0.632. The monoisotopic (exact) mass is 376 g/mol. The molecule has 1 aliphatic rings. The molecular formula is C19H32N6O2. The molecule has 0 aliphatic heterocycles. The highest BCUT2D eigenvalue weighted by molar-refractivity contribution is 5.97. The van der Waals surface area contributed by atoms with E-state index in [9.17, 15) is 4.79 Å². The lowest BCUT2D eigenvalue weighted by Crippen LogP contribution is -2.43. The molecule has 27 heavy (non-hydrogen) atoms. The Hall–Kier alpha value is -2.35. The minimum Gasteiger partial charge on any atom is -0.394 e. The van der Waals surface area contributed by atoms with E-state index >= 15 is 0 Å². The molecule has 0 aromatic carbocycles. The van der Waals surface area contributed by atoms with Crippen LogP contribution in [0.25, 0.3) is 0 Å². The number of aliphatic hydroxyl groups excluding tert-OH is 1. The topological polar surface area (TPSA) is 115 Å². The predicted molar refractivity (Wildman–Crippen MR) is 107 cm³/mol. The van der Waals surface area contributed by atoms with E-state index in [4.69, 9.17) is 10.5 Å². The molecule has 8 heteroatoms. The number of rotatable bonds is 7. The zero-order chi connectivity index (χ0) is 19.9. The molecule has 0 unspecified atom stereocenters. The van der Waals surface area contributed by atoms with Gasteiger partial charge in [0.05, 0.1) is 25.0 Å². The quantitative estimate of drug-likeness (QED) is 0.471. The first-order valence-electron chi connectivity index (χ1n) is 9.56. The lowest BCUT2D eigenvalue weighted by molar-refractivity contribution is 0.235. The summed E-state index contributed by atoms with van der Waals surface area (Å²) >= 11 is 0. The van der Waals surface area contributed by atoms with Crippen LogP contribution in [0.15, 0.2) is 24.3 Å². The number of carbonyl (C=O) groups excluding carboxylic acids is 1. The molecular weight excluding hydrogens is 344 g/mol. The second kappa shape index (κ2) is 9.55. The zero-order valence-electron chi connectivity index (χ0n) is 16.5. The van der Waals surface area contributed by atoms with E-state index in [2.05, 4.69) is 21.0 Å². The fourth-order valence-corrected chi connectivity index (χ4v) is 2.86. The van der Waals surface area contributed by atoms with Crippen LogP contribution in [-0.4, -0.2) is 39.3 Å². The first-order valence-corrected chi connectivity index (χ1v) is 9.56. The van der Waals surface area contributed by atoms with E-state index in [0.29, 0.717) is 23.8 Å². The van der Waals surface area contributed by atoms with Gasteiger partial charge < -0.3 is 21.1 Å². The predicted octanol–water partition coefficient (Wildman–Crippen LogP) is 2.83. The van der Waals surface area contributed by atoms with Gasteiger partial charge in [-0.25, -0.2) is 4.79 Å². The van der Waals surface area contributed by atoms with Crippen LogP contribution in [0.2, 0.25) is 0 Å². The number of anilines is 1. The standard InChI is InChI=1S/C19H32N6O2/c1-19(2,3)16(20)11-17(22-15-12-21-25(13-15)9-10-26)24-18(27)23-14-7-5-4-6-8-14/h11-14,20,22,26H,4-10H2,1-3H3,(H2,23,24,27)/b17-11+,20-16?. The van der Waals surface area contributed by atoms with Gasteiger partial charge in [-0.2, -0.15) is 5.10 Å². The third-order valence-electron chi connectivity index (χ3n) is 4.53. The molecule has 1 fully saturated rings. The van der Waals surface area contributed by atoms with Gasteiger partial charge in [0.2, 0.25) is 0 Å². The Balaban J connectivity index is 2.07. The highest BCUT2D eigenvalue weighted by Gasteiger charge is 2.19. The molecule has 0 bridgehead atoms. The highest BCUT2D eigenvalue weighted by atomic mass is 16.3. The van der Waals surface area contributed by atoms with Crippen LogP contribution < -0.4 is 16.0 Å². The number of hydrogen-bond acceptors (Lipinski definition) is 5. The van der Waals surface area contributed by atoms with Crippen molar-refractivity contribution in [3.8, 4) is 0 Å². The lowest BCUT2D eigenvalue weighted by atomic mass is 9.90. The Morgan fingerprint density at radius 2 is 2.07 bits per heavy atom. The molecule has 1 aromatic heterocycles. The normalized spacial score (nSPS) is 16.1. The maximum atomic E-state index is 12.4. The minimum absolute atomic E-state index is 0.000527. The Kier molecular flexibility index (Phi) is 7.41. The van der Waals surface area contributed by atoms with Crippen molar-refractivity contribution in [2.75, 3.05) is 11.9 Å². The molecule has 0 saturated heterocycles.